The summed E-state index contributed by atoms with van der Waals surface area (Å²) in [5.74, 6) is 0.418. The van der Waals surface area contributed by atoms with E-state index in [1.54, 1.807) is 38.1 Å². The molecule has 0 aliphatic carbocycles. The predicted molar refractivity (Wildman–Crippen MR) is 89.8 cm³/mol. The first-order valence-corrected chi connectivity index (χ1v) is 8.40. The number of nitrogens with zero attached hydrogens (tertiary/aromatic N) is 2. The van der Waals surface area contributed by atoms with E-state index in [0.717, 1.165) is 11.1 Å². The molecule has 0 N–H and O–H groups in total. The van der Waals surface area contributed by atoms with Crippen LogP contribution in [0.3, 0.4) is 0 Å². The van der Waals surface area contributed by atoms with E-state index in [4.69, 9.17) is 0 Å². The second-order valence-corrected chi connectivity index (χ2v) is 6.99. The highest BCUT2D eigenvalue weighted by Gasteiger charge is 2.19. The summed E-state index contributed by atoms with van der Waals surface area (Å²) in [6.07, 6.45) is 0. The number of hydrogen-bond acceptors (Lipinski definition) is 2. The van der Waals surface area contributed by atoms with Gasteiger partial charge in [-0.3, -0.25) is 0 Å². The van der Waals surface area contributed by atoms with E-state index >= 15 is 0 Å². The molecule has 0 saturated carbocycles. The fourth-order valence-corrected chi connectivity index (χ4v) is 3.53. The topological polar surface area (TPSA) is 49.7 Å². The van der Waals surface area contributed by atoms with Crippen molar-refractivity contribution in [2.24, 2.45) is 4.40 Å². The highest BCUT2D eigenvalue weighted by molar-refractivity contribution is 7.90. The van der Waals surface area contributed by atoms with Crippen LogP contribution in [0, 0.1) is 13.8 Å². The van der Waals surface area contributed by atoms with Crippen LogP contribution in [0.1, 0.15) is 16.7 Å². The maximum Gasteiger partial charge on any atom is 0.284 e. The molecule has 2 aromatic carbocycles. The minimum absolute atomic E-state index is 0.253. The van der Waals surface area contributed by atoms with Crippen LogP contribution in [0.5, 0.6) is 0 Å². The van der Waals surface area contributed by atoms with Gasteiger partial charge in [0.05, 0.1) is 4.90 Å². The summed E-state index contributed by atoms with van der Waals surface area (Å²) >= 11 is 0. The zero-order valence-electron chi connectivity index (χ0n) is 13.2. The van der Waals surface area contributed by atoms with Gasteiger partial charge in [0.25, 0.3) is 10.0 Å². The number of amidine groups is 1. The molecule has 0 aromatic heterocycles. The van der Waals surface area contributed by atoms with Gasteiger partial charge in [0.1, 0.15) is 5.84 Å². The van der Waals surface area contributed by atoms with Crippen molar-refractivity contribution in [1.29, 1.82) is 0 Å². The standard InChI is InChI=1S/C17H20N2O2S/c1-13-10-11-14(2)16(12-13)22(20,21)18-17(19(3)4)15-8-6-5-7-9-15/h5-12H,1-4H3/b18-17+. The van der Waals surface area contributed by atoms with Crippen LogP contribution in [0.25, 0.3) is 0 Å². The summed E-state index contributed by atoms with van der Waals surface area (Å²) in [6.45, 7) is 3.64. The molecule has 0 aliphatic heterocycles. The fraction of sp³-hybridized carbons (Fsp3) is 0.235. The molecule has 0 radical (unpaired) electrons. The molecule has 0 saturated heterocycles. The molecule has 116 valence electrons. The maximum atomic E-state index is 12.7. The van der Waals surface area contributed by atoms with E-state index in [1.165, 1.54) is 0 Å². The number of benzene rings is 2. The number of hydrogen-bond donors (Lipinski definition) is 0. The molecule has 22 heavy (non-hydrogen) atoms. The maximum absolute atomic E-state index is 12.7. The SMILES string of the molecule is Cc1ccc(C)c(S(=O)(=O)/N=C(\c2ccccc2)N(C)C)c1. The molecular weight excluding hydrogens is 296 g/mol. The minimum atomic E-state index is -3.76. The van der Waals surface area contributed by atoms with Crippen LogP contribution in [-0.4, -0.2) is 33.2 Å². The number of sulfonamides is 1. The molecule has 0 heterocycles. The van der Waals surface area contributed by atoms with Crippen molar-refractivity contribution >= 4 is 15.9 Å². The summed E-state index contributed by atoms with van der Waals surface area (Å²) < 4.78 is 29.4. The number of aryl methyl sites for hydroxylation is 2. The Kier molecular flexibility index (Phi) is 4.66. The first kappa shape index (κ1) is 16.2. The lowest BCUT2D eigenvalue weighted by Gasteiger charge is -2.16. The summed E-state index contributed by atoms with van der Waals surface area (Å²) in [7, 11) is -0.195. The third-order valence-electron chi connectivity index (χ3n) is 3.28. The van der Waals surface area contributed by atoms with Gasteiger partial charge >= 0.3 is 0 Å². The van der Waals surface area contributed by atoms with Crippen molar-refractivity contribution in [2.45, 2.75) is 18.7 Å². The van der Waals surface area contributed by atoms with E-state index in [9.17, 15) is 8.42 Å². The summed E-state index contributed by atoms with van der Waals surface area (Å²) in [6, 6.07) is 14.6. The molecule has 0 spiro atoms. The van der Waals surface area contributed by atoms with Gasteiger partial charge < -0.3 is 4.90 Å². The second kappa shape index (κ2) is 6.32. The molecule has 0 fully saturated rings. The Hall–Kier alpha value is -2.14. The van der Waals surface area contributed by atoms with Gasteiger partial charge in [-0.15, -0.1) is 4.40 Å². The average Bonchev–Trinajstić information content (AvgIpc) is 2.48. The predicted octanol–water partition coefficient (Wildman–Crippen LogP) is 3.00. The Labute approximate surface area is 132 Å². The van der Waals surface area contributed by atoms with E-state index in [0.29, 0.717) is 11.4 Å². The van der Waals surface area contributed by atoms with Crippen LogP contribution >= 0.6 is 0 Å². The summed E-state index contributed by atoms with van der Waals surface area (Å²) in [5.41, 5.74) is 2.35. The van der Waals surface area contributed by atoms with Gasteiger partial charge in [-0.2, -0.15) is 8.42 Å². The Morgan fingerprint density at radius 2 is 1.64 bits per heavy atom. The van der Waals surface area contributed by atoms with Gasteiger partial charge in [0.15, 0.2) is 0 Å². The Balaban J connectivity index is 2.59. The van der Waals surface area contributed by atoms with Crippen LogP contribution in [-0.2, 0) is 10.0 Å². The third kappa shape index (κ3) is 3.54. The molecule has 0 aliphatic rings. The monoisotopic (exact) mass is 316 g/mol. The van der Waals surface area contributed by atoms with Crippen molar-refractivity contribution in [3.8, 4) is 0 Å². The van der Waals surface area contributed by atoms with Crippen LogP contribution < -0.4 is 0 Å². The van der Waals surface area contributed by atoms with Gasteiger partial charge in [-0.25, -0.2) is 0 Å². The highest BCUT2D eigenvalue weighted by Crippen LogP contribution is 2.20. The van der Waals surface area contributed by atoms with Crippen molar-refractivity contribution in [2.75, 3.05) is 14.1 Å². The average molecular weight is 316 g/mol. The molecular formula is C17H20N2O2S. The Bertz CT molecular complexity index is 795. The van der Waals surface area contributed by atoms with Gasteiger partial charge in [0, 0.05) is 19.7 Å². The van der Waals surface area contributed by atoms with E-state index in [-0.39, 0.29) is 4.90 Å². The lowest BCUT2D eigenvalue weighted by atomic mass is 10.2. The molecule has 4 nitrogen and oxygen atoms in total. The zero-order chi connectivity index (χ0) is 16.3. The molecule has 0 atom stereocenters. The normalized spacial score (nSPS) is 12.3. The molecule has 5 heteroatoms. The zero-order valence-corrected chi connectivity index (χ0v) is 14.1. The second-order valence-electron chi connectivity index (χ2n) is 5.42. The van der Waals surface area contributed by atoms with Crippen LogP contribution in [0.15, 0.2) is 57.8 Å². The van der Waals surface area contributed by atoms with Crippen LogP contribution in [0.4, 0.5) is 0 Å². The van der Waals surface area contributed by atoms with E-state index in [1.807, 2.05) is 43.3 Å². The first-order chi connectivity index (χ1) is 10.3. The number of rotatable bonds is 3. The lowest BCUT2D eigenvalue weighted by Crippen LogP contribution is -2.24. The molecule has 0 amide bonds. The van der Waals surface area contributed by atoms with Crippen molar-refractivity contribution in [3.63, 3.8) is 0 Å². The quantitative estimate of drug-likeness (QED) is 0.646. The minimum Gasteiger partial charge on any atom is -0.362 e. The van der Waals surface area contributed by atoms with Crippen molar-refractivity contribution in [3.05, 3.63) is 65.2 Å². The third-order valence-corrected chi connectivity index (χ3v) is 4.69. The highest BCUT2D eigenvalue weighted by atomic mass is 32.2. The van der Waals surface area contributed by atoms with Gasteiger partial charge in [0.2, 0.25) is 0 Å². The summed E-state index contributed by atoms with van der Waals surface area (Å²) in [5, 5.41) is 0. The molecule has 2 aromatic rings. The molecule has 0 bridgehead atoms. The van der Waals surface area contributed by atoms with Crippen molar-refractivity contribution < 1.29 is 8.42 Å². The van der Waals surface area contributed by atoms with Gasteiger partial charge in [-0.1, -0.05) is 42.5 Å². The molecule has 0 unspecified atom stereocenters. The Morgan fingerprint density at radius 3 is 2.23 bits per heavy atom. The van der Waals surface area contributed by atoms with E-state index in [2.05, 4.69) is 4.40 Å². The molecule has 2 rings (SSSR count). The van der Waals surface area contributed by atoms with Gasteiger partial charge in [-0.05, 0) is 31.0 Å². The fourth-order valence-electron chi connectivity index (χ4n) is 2.13. The first-order valence-electron chi connectivity index (χ1n) is 6.96. The summed E-state index contributed by atoms with van der Waals surface area (Å²) in [4.78, 5) is 1.96. The smallest absolute Gasteiger partial charge is 0.284 e. The lowest BCUT2D eigenvalue weighted by molar-refractivity contribution is 0.591. The van der Waals surface area contributed by atoms with Crippen LogP contribution in [0.2, 0.25) is 0 Å². The largest absolute Gasteiger partial charge is 0.362 e. The van der Waals surface area contributed by atoms with E-state index < -0.39 is 10.0 Å². The Morgan fingerprint density at radius 1 is 1.00 bits per heavy atom. The van der Waals surface area contributed by atoms with Crippen molar-refractivity contribution in [1.82, 2.24) is 4.90 Å².